The molecule has 3 unspecified atom stereocenters. The van der Waals surface area contributed by atoms with E-state index >= 15 is 0 Å². The minimum Gasteiger partial charge on any atom is -0.330 e. The summed E-state index contributed by atoms with van der Waals surface area (Å²) in [6, 6.07) is 3.38. The number of H-pyrrole nitrogens is 1. The number of nitrogens with two attached hydrogens (primary N) is 2. The van der Waals surface area contributed by atoms with Crippen LogP contribution in [0.3, 0.4) is 0 Å². The van der Waals surface area contributed by atoms with E-state index in [0.29, 0.717) is 24.1 Å². The van der Waals surface area contributed by atoms with E-state index in [0.717, 1.165) is 23.3 Å². The molecule has 8 nitrogen and oxygen atoms in total. The zero-order chi connectivity index (χ0) is 17.9. The molecule has 0 aromatic carbocycles. The first kappa shape index (κ1) is 16.5. The molecule has 4 rings (SSSR count). The highest BCUT2D eigenvalue weighted by Crippen LogP contribution is 2.25. The molecule has 132 valence electrons. The summed E-state index contributed by atoms with van der Waals surface area (Å²) in [5.74, 6) is 1.68. The van der Waals surface area contributed by atoms with Crippen molar-refractivity contribution in [2.75, 3.05) is 6.54 Å². The Balaban J connectivity index is 1.59. The third kappa shape index (κ3) is 3.24. The maximum absolute atomic E-state index is 6.12. The molecule has 0 saturated heterocycles. The van der Waals surface area contributed by atoms with Crippen LogP contribution in [0.5, 0.6) is 0 Å². The Hall–Kier alpha value is -2.97. The molecule has 0 spiro atoms. The van der Waals surface area contributed by atoms with Gasteiger partial charge in [0.25, 0.3) is 0 Å². The van der Waals surface area contributed by atoms with Crippen LogP contribution in [0.25, 0.3) is 5.57 Å². The van der Waals surface area contributed by atoms with Crippen LogP contribution < -0.4 is 11.5 Å². The highest BCUT2D eigenvalue weighted by Gasteiger charge is 2.26. The molecule has 1 aliphatic heterocycles. The molecule has 0 radical (unpaired) electrons. The largest absolute Gasteiger partial charge is 0.330 e. The van der Waals surface area contributed by atoms with E-state index in [1.54, 1.807) is 18.6 Å². The van der Waals surface area contributed by atoms with Gasteiger partial charge in [-0.3, -0.25) is 15.0 Å². The van der Waals surface area contributed by atoms with Crippen molar-refractivity contribution >= 4 is 17.5 Å². The Kier molecular flexibility index (Phi) is 4.51. The van der Waals surface area contributed by atoms with Gasteiger partial charge >= 0.3 is 0 Å². The highest BCUT2D eigenvalue weighted by atomic mass is 15.2. The number of aromatic nitrogens is 4. The molecule has 2 aromatic rings. The van der Waals surface area contributed by atoms with E-state index in [1.807, 2.05) is 18.2 Å². The lowest BCUT2D eigenvalue weighted by Crippen LogP contribution is -2.31. The third-order valence-corrected chi connectivity index (χ3v) is 4.48. The summed E-state index contributed by atoms with van der Waals surface area (Å²) in [4.78, 5) is 16.4. The van der Waals surface area contributed by atoms with E-state index in [4.69, 9.17) is 16.5 Å². The van der Waals surface area contributed by atoms with E-state index in [1.165, 1.54) is 0 Å². The van der Waals surface area contributed by atoms with Gasteiger partial charge < -0.3 is 16.5 Å². The van der Waals surface area contributed by atoms with Gasteiger partial charge in [-0.05, 0) is 31.0 Å². The molecule has 26 heavy (non-hydrogen) atoms. The second-order valence-electron chi connectivity index (χ2n) is 6.28. The first-order valence-electron chi connectivity index (χ1n) is 8.53. The first-order valence-corrected chi connectivity index (χ1v) is 8.53. The Morgan fingerprint density at radius 3 is 2.92 bits per heavy atom. The molecule has 2 aliphatic rings. The molecule has 8 heteroatoms. The molecule has 0 amide bonds. The van der Waals surface area contributed by atoms with E-state index < -0.39 is 12.2 Å². The van der Waals surface area contributed by atoms with Crippen LogP contribution in [0.2, 0.25) is 0 Å². The number of allylic oxidation sites excluding steroid dienone is 3. The van der Waals surface area contributed by atoms with Crippen molar-refractivity contribution in [3.8, 4) is 0 Å². The second-order valence-corrected chi connectivity index (χ2v) is 6.28. The molecule has 3 atom stereocenters. The average Bonchev–Trinajstić information content (AvgIpc) is 3.19. The SMILES string of the molecule is NCC1C=CC(c2nnc(C3N=C(c4cccnc4)C=NC3N)[nH]2)=CC1. The lowest BCUT2D eigenvalue weighted by atomic mass is 9.97. The van der Waals surface area contributed by atoms with E-state index in [-0.39, 0.29) is 0 Å². The van der Waals surface area contributed by atoms with Crippen molar-refractivity contribution in [3.05, 3.63) is 60.0 Å². The van der Waals surface area contributed by atoms with E-state index in [2.05, 4.69) is 37.3 Å². The van der Waals surface area contributed by atoms with Gasteiger partial charge in [0, 0.05) is 29.7 Å². The van der Waals surface area contributed by atoms with Gasteiger partial charge in [-0.15, -0.1) is 10.2 Å². The zero-order valence-corrected chi connectivity index (χ0v) is 14.2. The molecule has 2 aromatic heterocycles. The topological polar surface area (TPSA) is 131 Å². The van der Waals surface area contributed by atoms with Gasteiger partial charge in [0.2, 0.25) is 0 Å². The summed E-state index contributed by atoms with van der Waals surface area (Å²) in [7, 11) is 0. The minimum absolute atomic E-state index is 0.383. The van der Waals surface area contributed by atoms with Gasteiger partial charge in [-0.25, -0.2) is 0 Å². The van der Waals surface area contributed by atoms with Crippen LogP contribution in [0, 0.1) is 5.92 Å². The molecule has 0 bridgehead atoms. The molecule has 5 N–H and O–H groups in total. The van der Waals surface area contributed by atoms with Crippen molar-refractivity contribution in [2.45, 2.75) is 18.6 Å². The first-order chi connectivity index (χ1) is 12.7. The predicted octanol–water partition coefficient (Wildman–Crippen LogP) is 1.02. The highest BCUT2D eigenvalue weighted by molar-refractivity contribution is 6.38. The summed E-state index contributed by atoms with van der Waals surface area (Å²) in [5.41, 5.74) is 14.4. The average molecular weight is 348 g/mol. The summed E-state index contributed by atoms with van der Waals surface area (Å²) in [6.07, 6.45) is 11.8. The molecule has 3 heterocycles. The molecule has 1 aliphatic carbocycles. The van der Waals surface area contributed by atoms with Crippen molar-refractivity contribution in [1.82, 2.24) is 20.2 Å². The number of hydrogen-bond donors (Lipinski definition) is 3. The van der Waals surface area contributed by atoms with Crippen LogP contribution >= 0.6 is 0 Å². The summed E-state index contributed by atoms with van der Waals surface area (Å²) < 4.78 is 0. The number of nitrogens with zero attached hydrogens (tertiary/aromatic N) is 5. The summed E-state index contributed by atoms with van der Waals surface area (Å²) in [6.45, 7) is 0.642. The maximum Gasteiger partial charge on any atom is 0.161 e. The lowest BCUT2D eigenvalue weighted by Gasteiger charge is -2.19. The van der Waals surface area contributed by atoms with Gasteiger partial charge in [-0.2, -0.15) is 0 Å². The van der Waals surface area contributed by atoms with E-state index in [9.17, 15) is 0 Å². The third-order valence-electron chi connectivity index (χ3n) is 4.48. The van der Waals surface area contributed by atoms with Crippen LogP contribution in [-0.2, 0) is 0 Å². The normalized spacial score (nSPS) is 25.1. The standard InChI is InChI=1S/C18H20N8/c19-8-11-3-5-12(6-4-11)17-24-18(26-25-17)15-16(20)22-10-14(23-15)13-2-1-7-21-9-13/h1-3,5-7,9-11,15-16H,4,8,19-20H2,(H,24,25,26). The van der Waals surface area contributed by atoms with Crippen molar-refractivity contribution in [2.24, 2.45) is 27.4 Å². The zero-order valence-electron chi connectivity index (χ0n) is 14.2. The Bertz CT molecular complexity index is 893. The van der Waals surface area contributed by atoms with Crippen LogP contribution in [-0.4, -0.2) is 44.8 Å². The predicted molar refractivity (Wildman–Crippen MR) is 101 cm³/mol. The monoisotopic (exact) mass is 348 g/mol. The Labute approximate surface area is 150 Å². The molecular weight excluding hydrogens is 328 g/mol. The maximum atomic E-state index is 6.12. The van der Waals surface area contributed by atoms with Gasteiger partial charge in [0.1, 0.15) is 12.2 Å². The number of pyridine rings is 1. The number of rotatable bonds is 4. The van der Waals surface area contributed by atoms with Crippen LogP contribution in [0.15, 0.2) is 52.7 Å². The number of aromatic amines is 1. The molecule has 0 fully saturated rings. The van der Waals surface area contributed by atoms with Crippen molar-refractivity contribution in [1.29, 1.82) is 0 Å². The number of nitrogens with one attached hydrogen (secondary N) is 1. The van der Waals surface area contributed by atoms with Crippen LogP contribution in [0.4, 0.5) is 0 Å². The fourth-order valence-electron chi connectivity index (χ4n) is 2.94. The molecular formula is C18H20N8. The number of hydrogen-bond acceptors (Lipinski definition) is 7. The van der Waals surface area contributed by atoms with Crippen molar-refractivity contribution in [3.63, 3.8) is 0 Å². The summed E-state index contributed by atoms with van der Waals surface area (Å²) in [5, 5.41) is 8.50. The Morgan fingerprint density at radius 1 is 1.27 bits per heavy atom. The quantitative estimate of drug-likeness (QED) is 0.759. The number of aliphatic imine (C=N–C) groups is 2. The van der Waals surface area contributed by atoms with Crippen LogP contribution in [0.1, 0.15) is 29.7 Å². The van der Waals surface area contributed by atoms with Gasteiger partial charge in [0.15, 0.2) is 11.6 Å². The summed E-state index contributed by atoms with van der Waals surface area (Å²) >= 11 is 0. The smallest absolute Gasteiger partial charge is 0.161 e. The van der Waals surface area contributed by atoms with Gasteiger partial charge in [-0.1, -0.05) is 18.2 Å². The Morgan fingerprint density at radius 2 is 2.19 bits per heavy atom. The minimum atomic E-state index is -0.506. The lowest BCUT2D eigenvalue weighted by molar-refractivity contribution is 0.543. The second kappa shape index (κ2) is 7.11. The fourth-order valence-corrected chi connectivity index (χ4v) is 2.94. The fraction of sp³-hybridized carbons (Fsp3) is 0.278. The van der Waals surface area contributed by atoms with Gasteiger partial charge in [0.05, 0.1) is 5.71 Å². The molecule has 0 saturated carbocycles. The van der Waals surface area contributed by atoms with Crippen molar-refractivity contribution < 1.29 is 0 Å².